The minimum Gasteiger partial charge on any atom is -0.341 e. The molecule has 0 aliphatic rings. The van der Waals surface area contributed by atoms with E-state index in [0.717, 1.165) is 10.7 Å². The van der Waals surface area contributed by atoms with E-state index in [9.17, 15) is 4.79 Å². The van der Waals surface area contributed by atoms with E-state index >= 15 is 0 Å². The largest absolute Gasteiger partial charge is 0.341 e. The molecular formula is C13H13N3OS2. The lowest BCUT2D eigenvalue weighted by Crippen LogP contribution is -2.27. The number of fused-ring (bicyclic) bond motifs is 1. The zero-order valence-electron chi connectivity index (χ0n) is 10.4. The fraction of sp³-hybridized carbons (Fsp3) is 0.231. The number of hydrogen-bond donors (Lipinski definition) is 0. The van der Waals surface area contributed by atoms with Crippen molar-refractivity contribution >= 4 is 33.5 Å². The summed E-state index contributed by atoms with van der Waals surface area (Å²) >= 11 is 3.22. The van der Waals surface area contributed by atoms with Gasteiger partial charge >= 0.3 is 0 Å². The average molecular weight is 291 g/mol. The van der Waals surface area contributed by atoms with Crippen LogP contribution >= 0.6 is 22.7 Å². The predicted octanol–water partition coefficient (Wildman–Crippen LogP) is 2.66. The van der Waals surface area contributed by atoms with E-state index in [1.807, 2.05) is 40.7 Å². The van der Waals surface area contributed by atoms with Crippen LogP contribution < -0.4 is 0 Å². The Kier molecular flexibility index (Phi) is 3.35. The molecule has 0 aromatic carbocycles. The van der Waals surface area contributed by atoms with Crippen molar-refractivity contribution in [3.8, 4) is 0 Å². The molecule has 0 aliphatic heterocycles. The van der Waals surface area contributed by atoms with Crippen molar-refractivity contribution in [2.75, 3.05) is 7.05 Å². The summed E-state index contributed by atoms with van der Waals surface area (Å²) in [6.45, 7) is 0.657. The van der Waals surface area contributed by atoms with Crippen LogP contribution in [0, 0.1) is 0 Å². The van der Waals surface area contributed by atoms with Crippen molar-refractivity contribution in [1.82, 2.24) is 14.3 Å². The molecule has 0 atom stereocenters. The van der Waals surface area contributed by atoms with Crippen LogP contribution in [-0.2, 0) is 17.8 Å². The maximum Gasteiger partial charge on any atom is 0.228 e. The Balaban J connectivity index is 1.65. The summed E-state index contributed by atoms with van der Waals surface area (Å²) in [6.07, 6.45) is 4.23. The molecule has 1 amide bonds. The van der Waals surface area contributed by atoms with Crippen molar-refractivity contribution in [2.45, 2.75) is 13.0 Å². The van der Waals surface area contributed by atoms with Gasteiger partial charge in [0.1, 0.15) is 0 Å². The third-order valence-electron chi connectivity index (χ3n) is 2.90. The monoisotopic (exact) mass is 291 g/mol. The van der Waals surface area contributed by atoms with Gasteiger partial charge in [-0.2, -0.15) is 11.3 Å². The molecule has 0 N–H and O–H groups in total. The number of imidazole rings is 1. The highest BCUT2D eigenvalue weighted by atomic mass is 32.1. The second kappa shape index (κ2) is 5.14. The third kappa shape index (κ3) is 2.69. The van der Waals surface area contributed by atoms with Gasteiger partial charge in [-0.05, 0) is 22.4 Å². The van der Waals surface area contributed by atoms with E-state index in [1.54, 1.807) is 27.6 Å². The summed E-state index contributed by atoms with van der Waals surface area (Å²) in [5.41, 5.74) is 2.00. The van der Waals surface area contributed by atoms with E-state index in [4.69, 9.17) is 0 Å². The van der Waals surface area contributed by atoms with Gasteiger partial charge in [-0.25, -0.2) is 4.98 Å². The van der Waals surface area contributed by atoms with Gasteiger partial charge in [0.2, 0.25) is 5.91 Å². The Hall–Kier alpha value is -1.66. The lowest BCUT2D eigenvalue weighted by molar-refractivity contribution is -0.129. The van der Waals surface area contributed by atoms with Gasteiger partial charge in [0.25, 0.3) is 0 Å². The maximum absolute atomic E-state index is 12.1. The summed E-state index contributed by atoms with van der Waals surface area (Å²) < 4.78 is 1.95. The second-order valence-corrected chi connectivity index (χ2v) is 6.04. The van der Waals surface area contributed by atoms with Crippen LogP contribution in [0.1, 0.15) is 11.3 Å². The molecule has 98 valence electrons. The Morgan fingerprint density at radius 2 is 2.37 bits per heavy atom. The van der Waals surface area contributed by atoms with Crippen LogP contribution in [0.2, 0.25) is 0 Å². The number of nitrogens with zero attached hydrogens (tertiary/aromatic N) is 3. The predicted molar refractivity (Wildman–Crippen MR) is 77.6 cm³/mol. The number of carbonyl (C=O) groups is 1. The second-order valence-electron chi connectivity index (χ2n) is 4.38. The van der Waals surface area contributed by atoms with Crippen molar-refractivity contribution in [1.29, 1.82) is 0 Å². The molecule has 19 heavy (non-hydrogen) atoms. The van der Waals surface area contributed by atoms with Crippen molar-refractivity contribution in [3.63, 3.8) is 0 Å². The lowest BCUT2D eigenvalue weighted by Gasteiger charge is -2.15. The highest BCUT2D eigenvalue weighted by molar-refractivity contribution is 7.15. The van der Waals surface area contributed by atoms with Gasteiger partial charge in [0.05, 0.1) is 12.1 Å². The van der Waals surface area contributed by atoms with E-state index in [-0.39, 0.29) is 5.91 Å². The molecule has 3 aromatic heterocycles. The molecule has 3 rings (SSSR count). The maximum atomic E-state index is 12.1. The van der Waals surface area contributed by atoms with E-state index < -0.39 is 0 Å². The van der Waals surface area contributed by atoms with Crippen LogP contribution in [0.15, 0.2) is 34.6 Å². The molecule has 0 saturated heterocycles. The van der Waals surface area contributed by atoms with Crippen LogP contribution in [0.4, 0.5) is 0 Å². The van der Waals surface area contributed by atoms with E-state index in [1.165, 1.54) is 5.56 Å². The van der Waals surface area contributed by atoms with Gasteiger partial charge in [-0.3, -0.25) is 9.20 Å². The first kappa shape index (κ1) is 12.4. The van der Waals surface area contributed by atoms with Gasteiger partial charge in [-0.15, -0.1) is 11.3 Å². The molecule has 0 spiro atoms. The Morgan fingerprint density at radius 1 is 1.47 bits per heavy atom. The summed E-state index contributed by atoms with van der Waals surface area (Å²) in [6, 6.07) is 2.04. The average Bonchev–Trinajstić information content (AvgIpc) is 3.04. The van der Waals surface area contributed by atoms with Crippen LogP contribution in [0.3, 0.4) is 0 Å². The molecule has 0 saturated carbocycles. The van der Waals surface area contributed by atoms with Gasteiger partial charge in [0.15, 0.2) is 4.96 Å². The summed E-state index contributed by atoms with van der Waals surface area (Å²) in [7, 11) is 1.83. The van der Waals surface area contributed by atoms with E-state index in [0.29, 0.717) is 13.0 Å². The number of rotatable bonds is 4. The SMILES string of the molecule is CN(Cc1ccsc1)C(=O)Cc1cn2ccsc2n1. The fourth-order valence-electron chi connectivity index (χ4n) is 1.90. The van der Waals surface area contributed by atoms with Gasteiger partial charge in [-0.1, -0.05) is 0 Å². The normalized spacial score (nSPS) is 11.0. The minimum atomic E-state index is 0.0944. The number of aromatic nitrogens is 2. The first-order valence-corrected chi connectivity index (χ1v) is 7.71. The molecule has 3 aromatic rings. The van der Waals surface area contributed by atoms with Crippen molar-refractivity contribution in [2.24, 2.45) is 0 Å². The fourth-order valence-corrected chi connectivity index (χ4v) is 3.27. The molecular weight excluding hydrogens is 278 g/mol. The Morgan fingerprint density at radius 3 is 3.11 bits per heavy atom. The molecule has 0 aliphatic carbocycles. The third-order valence-corrected chi connectivity index (χ3v) is 4.40. The quantitative estimate of drug-likeness (QED) is 0.741. The first-order chi connectivity index (χ1) is 9.22. The zero-order valence-corrected chi connectivity index (χ0v) is 12.1. The Labute approximate surface area is 118 Å². The molecule has 3 heterocycles. The number of thiazole rings is 1. The summed E-state index contributed by atoms with van der Waals surface area (Å²) in [4.78, 5) is 19.2. The summed E-state index contributed by atoms with van der Waals surface area (Å²) in [5.74, 6) is 0.0944. The van der Waals surface area contributed by atoms with Crippen LogP contribution in [0.25, 0.3) is 4.96 Å². The standard InChI is InChI=1S/C13H13N3OS2/c1-15(7-10-2-4-18-9-10)12(17)6-11-8-16-3-5-19-13(16)14-11/h2-5,8-9H,6-7H2,1H3. The summed E-state index contributed by atoms with van der Waals surface area (Å²) in [5, 5.41) is 6.07. The number of carbonyl (C=O) groups excluding carboxylic acids is 1. The highest BCUT2D eigenvalue weighted by Crippen LogP contribution is 2.13. The number of amides is 1. The van der Waals surface area contributed by atoms with Crippen molar-refractivity contribution in [3.05, 3.63) is 45.9 Å². The van der Waals surface area contributed by atoms with Crippen LogP contribution in [0.5, 0.6) is 0 Å². The number of likely N-dealkylation sites (N-methyl/N-ethyl adjacent to an activating group) is 1. The molecule has 0 radical (unpaired) electrons. The smallest absolute Gasteiger partial charge is 0.228 e. The zero-order chi connectivity index (χ0) is 13.2. The highest BCUT2D eigenvalue weighted by Gasteiger charge is 2.13. The van der Waals surface area contributed by atoms with Crippen molar-refractivity contribution < 1.29 is 4.79 Å². The lowest BCUT2D eigenvalue weighted by atomic mass is 10.2. The molecule has 4 nitrogen and oxygen atoms in total. The van der Waals surface area contributed by atoms with E-state index in [2.05, 4.69) is 10.4 Å². The number of thiophene rings is 1. The first-order valence-electron chi connectivity index (χ1n) is 5.88. The molecule has 6 heteroatoms. The molecule has 0 fully saturated rings. The topological polar surface area (TPSA) is 37.6 Å². The van der Waals surface area contributed by atoms with Gasteiger partial charge in [0, 0.05) is 31.4 Å². The minimum absolute atomic E-state index is 0.0944. The number of hydrogen-bond acceptors (Lipinski definition) is 4. The molecule has 0 unspecified atom stereocenters. The molecule has 0 bridgehead atoms. The Bertz CT molecular complexity index is 655. The van der Waals surface area contributed by atoms with Gasteiger partial charge < -0.3 is 4.90 Å². The van der Waals surface area contributed by atoms with Crippen LogP contribution in [-0.4, -0.2) is 27.2 Å².